The summed E-state index contributed by atoms with van der Waals surface area (Å²) in [5, 5.41) is 3.82. The Bertz CT molecular complexity index is 459. The number of methoxy groups -OCH3 is 1. The largest absolute Gasteiger partial charge is 0.461 e. The summed E-state index contributed by atoms with van der Waals surface area (Å²) in [4.78, 5) is 4.18. The average Bonchev–Trinajstić information content (AvgIpc) is 2.89. The lowest BCUT2D eigenvalue weighted by Crippen LogP contribution is -2.14. The van der Waals surface area contributed by atoms with E-state index in [1.165, 1.54) is 0 Å². The van der Waals surface area contributed by atoms with Gasteiger partial charge in [-0.1, -0.05) is 5.16 Å². The van der Waals surface area contributed by atoms with Crippen LogP contribution < -0.4 is 5.73 Å². The second kappa shape index (κ2) is 4.46. The number of rotatable bonds is 4. The van der Waals surface area contributed by atoms with Crippen LogP contribution in [0.1, 0.15) is 17.6 Å². The first-order valence-corrected chi connectivity index (χ1v) is 4.87. The highest BCUT2D eigenvalue weighted by atomic mass is 16.5. The number of hydrogen-bond acceptors (Lipinski definition) is 6. The zero-order valence-electron chi connectivity index (χ0n) is 9.14. The normalized spacial score (nSPS) is 12.9. The third-order valence-corrected chi connectivity index (χ3v) is 2.28. The molecule has 2 heterocycles. The minimum atomic E-state index is -0.378. The summed E-state index contributed by atoms with van der Waals surface area (Å²) in [6.45, 7) is 2.20. The zero-order chi connectivity index (χ0) is 11.5. The van der Waals surface area contributed by atoms with Crippen LogP contribution in [0, 0.1) is 6.92 Å². The predicted octanol–water partition coefficient (Wildman–Crippen LogP) is 1.28. The fourth-order valence-electron chi connectivity index (χ4n) is 1.36. The molecule has 2 aromatic heterocycles. The standard InChI is InChI=1S/C10H13N3O3/c1-6-3-4-15-8(6)9-12-10(16-13-9)7(5-11)14-2/h3-4,7H,5,11H2,1-2H3. The molecule has 0 fully saturated rings. The summed E-state index contributed by atoms with van der Waals surface area (Å²) in [6, 6.07) is 1.84. The van der Waals surface area contributed by atoms with Crippen LogP contribution in [0.2, 0.25) is 0 Å². The second-order valence-electron chi connectivity index (χ2n) is 3.35. The van der Waals surface area contributed by atoms with Crippen molar-refractivity contribution >= 4 is 0 Å². The summed E-state index contributed by atoms with van der Waals surface area (Å²) >= 11 is 0. The Morgan fingerprint density at radius 3 is 2.94 bits per heavy atom. The smallest absolute Gasteiger partial charge is 0.257 e. The number of nitrogens with two attached hydrogens (primary N) is 1. The summed E-state index contributed by atoms with van der Waals surface area (Å²) in [5.41, 5.74) is 6.45. The molecule has 1 atom stereocenters. The van der Waals surface area contributed by atoms with Gasteiger partial charge >= 0.3 is 0 Å². The third kappa shape index (κ3) is 1.84. The summed E-state index contributed by atoms with van der Waals surface area (Å²) in [5.74, 6) is 1.37. The predicted molar refractivity (Wildman–Crippen MR) is 55.5 cm³/mol. The van der Waals surface area contributed by atoms with Gasteiger partial charge in [-0.25, -0.2) is 0 Å². The minimum Gasteiger partial charge on any atom is -0.461 e. The van der Waals surface area contributed by atoms with Crippen LogP contribution >= 0.6 is 0 Å². The molecule has 2 rings (SSSR count). The molecule has 0 aliphatic rings. The van der Waals surface area contributed by atoms with Crippen molar-refractivity contribution in [2.45, 2.75) is 13.0 Å². The number of aryl methyl sites for hydroxylation is 1. The van der Waals surface area contributed by atoms with E-state index in [1.807, 2.05) is 13.0 Å². The SMILES string of the molecule is COC(CN)c1nc(-c2occc2C)no1. The van der Waals surface area contributed by atoms with E-state index in [0.717, 1.165) is 5.56 Å². The highest BCUT2D eigenvalue weighted by Crippen LogP contribution is 2.23. The number of aromatic nitrogens is 2. The van der Waals surface area contributed by atoms with Gasteiger partial charge in [-0.3, -0.25) is 0 Å². The van der Waals surface area contributed by atoms with E-state index >= 15 is 0 Å². The van der Waals surface area contributed by atoms with E-state index in [-0.39, 0.29) is 12.6 Å². The summed E-state index contributed by atoms with van der Waals surface area (Å²) in [7, 11) is 1.54. The summed E-state index contributed by atoms with van der Waals surface area (Å²) < 4.78 is 15.4. The van der Waals surface area contributed by atoms with Crippen LogP contribution in [0.4, 0.5) is 0 Å². The Kier molecular flexibility index (Phi) is 3.02. The molecule has 0 radical (unpaired) electrons. The molecule has 6 heteroatoms. The molecule has 0 saturated heterocycles. The molecule has 1 unspecified atom stereocenters. The van der Waals surface area contributed by atoms with Gasteiger partial charge in [0.2, 0.25) is 5.82 Å². The quantitative estimate of drug-likeness (QED) is 0.840. The van der Waals surface area contributed by atoms with Crippen molar-refractivity contribution in [3.8, 4) is 11.6 Å². The minimum absolute atomic E-state index is 0.287. The van der Waals surface area contributed by atoms with Gasteiger partial charge in [0, 0.05) is 13.7 Å². The molecule has 0 aliphatic heterocycles. The van der Waals surface area contributed by atoms with Crippen molar-refractivity contribution in [1.29, 1.82) is 0 Å². The van der Waals surface area contributed by atoms with Crippen molar-refractivity contribution in [2.24, 2.45) is 5.73 Å². The van der Waals surface area contributed by atoms with Crippen LogP contribution in [0.25, 0.3) is 11.6 Å². The Balaban J connectivity index is 2.29. The highest BCUT2D eigenvalue weighted by Gasteiger charge is 2.19. The van der Waals surface area contributed by atoms with Crippen LogP contribution in [-0.2, 0) is 4.74 Å². The van der Waals surface area contributed by atoms with E-state index in [2.05, 4.69) is 10.1 Å². The van der Waals surface area contributed by atoms with E-state index in [0.29, 0.717) is 17.5 Å². The van der Waals surface area contributed by atoms with Crippen LogP contribution in [0.3, 0.4) is 0 Å². The van der Waals surface area contributed by atoms with Gasteiger partial charge in [-0.05, 0) is 18.6 Å². The Morgan fingerprint density at radius 2 is 2.38 bits per heavy atom. The molecule has 86 valence electrons. The highest BCUT2D eigenvalue weighted by molar-refractivity contribution is 5.50. The molecular weight excluding hydrogens is 210 g/mol. The first-order chi connectivity index (χ1) is 7.76. The lowest BCUT2D eigenvalue weighted by molar-refractivity contribution is 0.0804. The molecule has 0 saturated carbocycles. The molecule has 0 aromatic carbocycles. The molecule has 0 aliphatic carbocycles. The fourth-order valence-corrected chi connectivity index (χ4v) is 1.36. The number of nitrogens with zero attached hydrogens (tertiary/aromatic N) is 2. The van der Waals surface area contributed by atoms with E-state index in [4.69, 9.17) is 19.4 Å². The number of furan rings is 1. The average molecular weight is 223 g/mol. The van der Waals surface area contributed by atoms with Crippen LogP contribution in [0.15, 0.2) is 21.3 Å². The Morgan fingerprint density at radius 1 is 1.56 bits per heavy atom. The monoisotopic (exact) mass is 223 g/mol. The van der Waals surface area contributed by atoms with Gasteiger partial charge in [0.25, 0.3) is 5.89 Å². The van der Waals surface area contributed by atoms with Gasteiger partial charge in [0.15, 0.2) is 5.76 Å². The van der Waals surface area contributed by atoms with Crippen molar-refractivity contribution in [3.05, 3.63) is 23.8 Å². The van der Waals surface area contributed by atoms with Gasteiger partial charge in [0.1, 0.15) is 6.10 Å². The topological polar surface area (TPSA) is 87.3 Å². The Labute approximate surface area is 92.4 Å². The maximum atomic E-state index is 5.50. The fraction of sp³-hybridized carbons (Fsp3) is 0.400. The van der Waals surface area contributed by atoms with E-state index < -0.39 is 0 Å². The van der Waals surface area contributed by atoms with Crippen molar-refractivity contribution in [3.63, 3.8) is 0 Å². The summed E-state index contributed by atoms with van der Waals surface area (Å²) in [6.07, 6.45) is 1.20. The van der Waals surface area contributed by atoms with Crippen LogP contribution in [0.5, 0.6) is 0 Å². The molecule has 6 nitrogen and oxygen atoms in total. The first kappa shape index (κ1) is 10.8. The van der Waals surface area contributed by atoms with Gasteiger partial charge < -0.3 is 19.4 Å². The lowest BCUT2D eigenvalue weighted by atomic mass is 10.3. The van der Waals surface area contributed by atoms with Crippen molar-refractivity contribution < 1.29 is 13.7 Å². The first-order valence-electron chi connectivity index (χ1n) is 4.87. The number of ether oxygens (including phenoxy) is 1. The Hall–Kier alpha value is -1.66. The maximum Gasteiger partial charge on any atom is 0.257 e. The molecule has 2 aromatic rings. The molecule has 0 bridgehead atoms. The lowest BCUT2D eigenvalue weighted by Gasteiger charge is -2.05. The maximum absolute atomic E-state index is 5.50. The van der Waals surface area contributed by atoms with Crippen LogP contribution in [-0.4, -0.2) is 23.8 Å². The number of hydrogen-bond donors (Lipinski definition) is 1. The van der Waals surface area contributed by atoms with E-state index in [1.54, 1.807) is 13.4 Å². The molecule has 0 spiro atoms. The molecule has 16 heavy (non-hydrogen) atoms. The van der Waals surface area contributed by atoms with Gasteiger partial charge in [0.05, 0.1) is 6.26 Å². The van der Waals surface area contributed by atoms with E-state index in [9.17, 15) is 0 Å². The van der Waals surface area contributed by atoms with Crippen molar-refractivity contribution in [2.75, 3.05) is 13.7 Å². The van der Waals surface area contributed by atoms with Gasteiger partial charge in [-0.15, -0.1) is 0 Å². The third-order valence-electron chi connectivity index (χ3n) is 2.28. The second-order valence-corrected chi connectivity index (χ2v) is 3.35. The molecule has 0 amide bonds. The molecular formula is C10H13N3O3. The zero-order valence-corrected chi connectivity index (χ0v) is 9.14. The molecule has 2 N–H and O–H groups in total. The van der Waals surface area contributed by atoms with Gasteiger partial charge in [-0.2, -0.15) is 4.98 Å². The van der Waals surface area contributed by atoms with Crippen molar-refractivity contribution in [1.82, 2.24) is 10.1 Å².